The summed E-state index contributed by atoms with van der Waals surface area (Å²) in [4.78, 5) is 25.1. The van der Waals surface area contributed by atoms with E-state index < -0.39 is 44.6 Å². The van der Waals surface area contributed by atoms with Crippen LogP contribution >= 0.6 is 0 Å². The SMILES string of the molecule is CCCS(=O)(=O)Nc1ccc(F)c(C(=O)c2c[nH]c3ncc(C(C=N)C=NC4CCNCC4)cc23)c1F. The van der Waals surface area contributed by atoms with Gasteiger partial charge in [-0.05, 0) is 56.1 Å². The number of halogens is 2. The van der Waals surface area contributed by atoms with Crippen molar-refractivity contribution in [1.82, 2.24) is 15.3 Å². The number of sulfonamides is 1. The summed E-state index contributed by atoms with van der Waals surface area (Å²) in [5.74, 6) is -4.12. The molecule has 4 rings (SSSR count). The number of nitrogens with one attached hydrogen (secondary N) is 4. The number of hydrogen-bond donors (Lipinski definition) is 4. The van der Waals surface area contributed by atoms with Gasteiger partial charge < -0.3 is 15.7 Å². The summed E-state index contributed by atoms with van der Waals surface area (Å²) in [6.45, 7) is 3.42. The van der Waals surface area contributed by atoms with Gasteiger partial charge in [-0.15, -0.1) is 0 Å². The average molecular weight is 531 g/mol. The number of fused-ring (bicyclic) bond motifs is 1. The monoisotopic (exact) mass is 530 g/mol. The van der Waals surface area contributed by atoms with E-state index in [9.17, 15) is 17.6 Å². The molecule has 1 aliphatic heterocycles. The van der Waals surface area contributed by atoms with Crippen LogP contribution in [0.15, 0.2) is 35.6 Å². The third-order valence-corrected chi connectivity index (χ3v) is 7.66. The zero-order valence-corrected chi connectivity index (χ0v) is 21.0. The first-order valence-electron chi connectivity index (χ1n) is 12.0. The van der Waals surface area contributed by atoms with Crippen molar-refractivity contribution in [3.05, 3.63) is 58.9 Å². The molecule has 37 heavy (non-hydrogen) atoms. The lowest BCUT2D eigenvalue weighted by atomic mass is 9.98. The average Bonchev–Trinajstić information content (AvgIpc) is 3.30. The van der Waals surface area contributed by atoms with Crippen molar-refractivity contribution >= 4 is 45.0 Å². The number of aromatic nitrogens is 2. The van der Waals surface area contributed by atoms with Crippen LogP contribution in [-0.4, -0.2) is 61.5 Å². The highest BCUT2D eigenvalue weighted by molar-refractivity contribution is 7.92. The van der Waals surface area contributed by atoms with Crippen molar-refractivity contribution in [1.29, 1.82) is 5.41 Å². The number of benzene rings is 1. The number of ketones is 1. The molecular weight excluding hydrogens is 502 g/mol. The van der Waals surface area contributed by atoms with Gasteiger partial charge in [0.2, 0.25) is 15.8 Å². The molecule has 3 aromatic rings. The molecule has 0 amide bonds. The molecule has 0 saturated carbocycles. The van der Waals surface area contributed by atoms with E-state index in [2.05, 4.69) is 25.0 Å². The molecule has 0 radical (unpaired) electrons. The molecule has 1 fully saturated rings. The van der Waals surface area contributed by atoms with Gasteiger partial charge in [0.25, 0.3) is 0 Å². The molecule has 12 heteroatoms. The summed E-state index contributed by atoms with van der Waals surface area (Å²) in [7, 11) is -3.86. The van der Waals surface area contributed by atoms with Crippen molar-refractivity contribution < 1.29 is 22.0 Å². The molecule has 3 heterocycles. The van der Waals surface area contributed by atoms with Gasteiger partial charge in [-0.2, -0.15) is 0 Å². The Morgan fingerprint density at radius 2 is 2.08 bits per heavy atom. The largest absolute Gasteiger partial charge is 0.345 e. The number of pyridine rings is 1. The predicted octanol–water partition coefficient (Wildman–Crippen LogP) is 3.78. The molecular formula is C25H28F2N6O3S. The van der Waals surface area contributed by atoms with Crippen LogP contribution in [0.25, 0.3) is 11.0 Å². The first kappa shape index (κ1) is 26.6. The Morgan fingerprint density at radius 3 is 2.78 bits per heavy atom. The van der Waals surface area contributed by atoms with Crippen LogP contribution in [0.3, 0.4) is 0 Å². The summed E-state index contributed by atoms with van der Waals surface area (Å²) < 4.78 is 56.2. The van der Waals surface area contributed by atoms with E-state index in [4.69, 9.17) is 5.41 Å². The van der Waals surface area contributed by atoms with E-state index in [0.29, 0.717) is 23.0 Å². The fourth-order valence-corrected chi connectivity index (χ4v) is 5.38. The second-order valence-corrected chi connectivity index (χ2v) is 10.7. The Labute approximate surface area is 213 Å². The lowest BCUT2D eigenvalue weighted by Gasteiger charge is -2.19. The Kier molecular flexibility index (Phi) is 8.08. The minimum atomic E-state index is -3.86. The van der Waals surface area contributed by atoms with Crippen LogP contribution in [-0.2, 0) is 10.0 Å². The summed E-state index contributed by atoms with van der Waals surface area (Å²) in [6.07, 6.45) is 7.87. The zero-order chi connectivity index (χ0) is 26.6. The van der Waals surface area contributed by atoms with Gasteiger partial charge in [-0.25, -0.2) is 22.2 Å². The van der Waals surface area contributed by atoms with Gasteiger partial charge >= 0.3 is 0 Å². The number of aliphatic imine (C=N–C) groups is 1. The number of piperidine rings is 1. The highest BCUT2D eigenvalue weighted by atomic mass is 32.2. The number of nitrogens with zero attached hydrogens (tertiary/aromatic N) is 2. The summed E-state index contributed by atoms with van der Waals surface area (Å²) in [5, 5.41) is 11.4. The number of rotatable bonds is 10. The molecule has 0 spiro atoms. The maximum Gasteiger partial charge on any atom is 0.232 e. The highest BCUT2D eigenvalue weighted by Gasteiger charge is 2.26. The maximum absolute atomic E-state index is 15.2. The quantitative estimate of drug-likeness (QED) is 0.233. The molecule has 1 saturated heterocycles. The Hall–Kier alpha value is -3.51. The summed E-state index contributed by atoms with van der Waals surface area (Å²) in [6, 6.07) is 3.60. The van der Waals surface area contributed by atoms with E-state index in [1.54, 1.807) is 25.4 Å². The van der Waals surface area contributed by atoms with Crippen LogP contribution in [0.1, 0.15) is 53.6 Å². The first-order valence-corrected chi connectivity index (χ1v) is 13.6. The standard InChI is InChI=1S/C25H28F2N6O3S/c1-2-9-37(35,36)33-21-4-3-20(26)22(23(21)27)24(34)19-14-32-25-18(19)10-15(12-31-25)16(11-28)13-30-17-5-7-29-8-6-17/h3-4,10-14,16-17,28-29,33H,2,5-9H2,1H3,(H,31,32). The van der Waals surface area contributed by atoms with Gasteiger partial charge in [0.1, 0.15) is 11.5 Å². The van der Waals surface area contributed by atoms with Crippen LogP contribution < -0.4 is 10.0 Å². The van der Waals surface area contributed by atoms with Crippen molar-refractivity contribution in [2.75, 3.05) is 23.6 Å². The van der Waals surface area contributed by atoms with Gasteiger partial charge in [-0.3, -0.25) is 14.5 Å². The summed E-state index contributed by atoms with van der Waals surface area (Å²) in [5.41, 5.74) is -0.494. The number of carbonyl (C=O) groups is 1. The minimum Gasteiger partial charge on any atom is -0.345 e. The molecule has 1 unspecified atom stereocenters. The summed E-state index contributed by atoms with van der Waals surface area (Å²) >= 11 is 0. The molecule has 1 atom stereocenters. The van der Waals surface area contributed by atoms with Crippen molar-refractivity contribution in [2.45, 2.75) is 38.1 Å². The Bertz CT molecular complexity index is 1450. The van der Waals surface area contributed by atoms with Crippen LogP contribution in [0.2, 0.25) is 0 Å². The van der Waals surface area contributed by atoms with E-state index in [-0.39, 0.29) is 17.4 Å². The number of H-pyrrole nitrogens is 1. The smallest absolute Gasteiger partial charge is 0.232 e. The normalized spacial score (nSPS) is 15.8. The first-order chi connectivity index (χ1) is 17.7. The number of hydrogen-bond acceptors (Lipinski definition) is 7. The Morgan fingerprint density at radius 1 is 1.32 bits per heavy atom. The van der Waals surface area contributed by atoms with Gasteiger partial charge in [0.05, 0.1) is 29.0 Å². The second-order valence-electron chi connectivity index (χ2n) is 8.87. The molecule has 1 aromatic carbocycles. The maximum atomic E-state index is 15.2. The van der Waals surface area contributed by atoms with Crippen molar-refractivity contribution in [3.8, 4) is 0 Å². The molecule has 0 aliphatic carbocycles. The third-order valence-electron chi connectivity index (χ3n) is 6.18. The van der Waals surface area contributed by atoms with Gasteiger partial charge in [0.15, 0.2) is 5.82 Å². The Balaban J connectivity index is 1.68. The lowest BCUT2D eigenvalue weighted by Crippen LogP contribution is -2.30. The fraction of sp³-hybridized carbons (Fsp3) is 0.360. The van der Waals surface area contributed by atoms with Crippen LogP contribution in [0, 0.1) is 17.0 Å². The zero-order valence-electron chi connectivity index (χ0n) is 20.2. The minimum absolute atomic E-state index is 0.0326. The van der Waals surface area contributed by atoms with Crippen LogP contribution in [0.5, 0.6) is 0 Å². The molecule has 196 valence electrons. The van der Waals surface area contributed by atoms with Crippen LogP contribution in [0.4, 0.5) is 14.5 Å². The van der Waals surface area contributed by atoms with E-state index in [0.717, 1.165) is 38.1 Å². The molecule has 0 bridgehead atoms. The number of aromatic amines is 1. The molecule has 4 N–H and O–H groups in total. The highest BCUT2D eigenvalue weighted by Crippen LogP contribution is 2.28. The second kappa shape index (κ2) is 11.3. The van der Waals surface area contributed by atoms with E-state index >= 15 is 4.39 Å². The van der Waals surface area contributed by atoms with Crippen molar-refractivity contribution in [3.63, 3.8) is 0 Å². The number of anilines is 1. The number of carbonyl (C=O) groups excluding carboxylic acids is 1. The fourth-order valence-electron chi connectivity index (χ4n) is 4.25. The van der Waals surface area contributed by atoms with Gasteiger partial charge in [-0.1, -0.05) is 6.92 Å². The molecule has 1 aliphatic rings. The topological polar surface area (TPSA) is 140 Å². The van der Waals surface area contributed by atoms with E-state index in [1.165, 1.54) is 12.4 Å². The van der Waals surface area contributed by atoms with Crippen molar-refractivity contribution in [2.24, 2.45) is 4.99 Å². The van der Waals surface area contributed by atoms with E-state index in [1.807, 2.05) is 0 Å². The third kappa shape index (κ3) is 5.91. The molecule has 9 nitrogen and oxygen atoms in total. The predicted molar refractivity (Wildman–Crippen MR) is 139 cm³/mol. The van der Waals surface area contributed by atoms with Gasteiger partial charge in [0, 0.05) is 35.8 Å². The molecule has 2 aromatic heterocycles. The lowest BCUT2D eigenvalue weighted by molar-refractivity contribution is 0.103.